The number of para-hydroxylation sites is 1. The molecule has 2 rings (SSSR count). The number of nitrogens with one attached hydrogen (secondary N) is 1. The number of ether oxygens (including phenoxy) is 1. The highest BCUT2D eigenvalue weighted by molar-refractivity contribution is 5.73. The van der Waals surface area contributed by atoms with Gasteiger partial charge in [-0.3, -0.25) is 5.32 Å². The molecule has 2 N–H and O–H groups in total. The van der Waals surface area contributed by atoms with Crippen molar-refractivity contribution in [3.05, 3.63) is 29.8 Å². The number of aliphatic hydroxyl groups excluding tert-OH is 1. The number of benzene rings is 1. The first-order chi connectivity index (χ1) is 5.77. The van der Waals surface area contributed by atoms with E-state index in [1.54, 1.807) is 24.3 Å². The quantitative estimate of drug-likeness (QED) is 0.597. The average Bonchev–Trinajstić information content (AvgIpc) is 2.04. The van der Waals surface area contributed by atoms with Gasteiger partial charge in [-0.25, -0.2) is 4.79 Å². The van der Waals surface area contributed by atoms with Crippen molar-refractivity contribution in [2.45, 2.75) is 6.23 Å². The fourth-order valence-corrected chi connectivity index (χ4v) is 1.12. The number of carbonyl (C=O) groups excluding carboxylic acids is 1. The van der Waals surface area contributed by atoms with E-state index in [9.17, 15) is 9.90 Å². The Morgan fingerprint density at radius 1 is 1.42 bits per heavy atom. The maximum absolute atomic E-state index is 10.7. The molecular weight excluding hydrogens is 158 g/mol. The summed E-state index contributed by atoms with van der Waals surface area (Å²) in [6.07, 6.45) is -1.58. The smallest absolute Gasteiger partial charge is 0.410 e. The van der Waals surface area contributed by atoms with Crippen molar-refractivity contribution < 1.29 is 14.6 Å². The predicted octanol–water partition coefficient (Wildman–Crippen LogP) is 0.780. The molecule has 62 valence electrons. The monoisotopic (exact) mass is 165 g/mol. The van der Waals surface area contributed by atoms with Gasteiger partial charge in [0.1, 0.15) is 5.75 Å². The van der Waals surface area contributed by atoms with Gasteiger partial charge in [0.05, 0.1) is 0 Å². The van der Waals surface area contributed by atoms with Crippen LogP contribution in [0.25, 0.3) is 0 Å². The van der Waals surface area contributed by atoms with Crippen molar-refractivity contribution in [1.29, 1.82) is 0 Å². The maximum atomic E-state index is 10.7. The standard InChI is InChI=1S/C8H7NO3/c10-7-5-3-1-2-4-6(5)12-8(11)9-7/h1-4,7,10H,(H,9,11)/t7-/m0/s1. The van der Waals surface area contributed by atoms with E-state index in [2.05, 4.69) is 5.32 Å². The molecule has 0 aliphatic carbocycles. The largest absolute Gasteiger partial charge is 0.414 e. The van der Waals surface area contributed by atoms with E-state index in [-0.39, 0.29) is 0 Å². The SMILES string of the molecule is O=C1N[C@@H](O)c2ccccc2O1. The highest BCUT2D eigenvalue weighted by Crippen LogP contribution is 2.26. The van der Waals surface area contributed by atoms with Gasteiger partial charge in [-0.2, -0.15) is 0 Å². The van der Waals surface area contributed by atoms with Crippen LogP contribution in [0.5, 0.6) is 5.75 Å². The Morgan fingerprint density at radius 2 is 2.17 bits per heavy atom. The third-order valence-electron chi connectivity index (χ3n) is 1.67. The molecule has 12 heavy (non-hydrogen) atoms. The predicted molar refractivity (Wildman–Crippen MR) is 40.6 cm³/mol. The molecule has 0 bridgehead atoms. The molecule has 1 atom stereocenters. The Balaban J connectivity index is 2.47. The molecule has 4 nitrogen and oxygen atoms in total. The van der Waals surface area contributed by atoms with E-state index in [1.165, 1.54) is 0 Å². The van der Waals surface area contributed by atoms with Crippen molar-refractivity contribution in [3.8, 4) is 5.75 Å². The summed E-state index contributed by atoms with van der Waals surface area (Å²) in [5.41, 5.74) is 0.581. The zero-order valence-electron chi connectivity index (χ0n) is 6.15. The minimum atomic E-state index is -0.956. The molecule has 4 heteroatoms. The molecule has 0 unspecified atom stereocenters. The van der Waals surface area contributed by atoms with Crippen molar-refractivity contribution in [3.63, 3.8) is 0 Å². The minimum absolute atomic E-state index is 0.411. The lowest BCUT2D eigenvalue weighted by Gasteiger charge is -2.21. The Hall–Kier alpha value is -1.55. The first-order valence-electron chi connectivity index (χ1n) is 3.53. The Morgan fingerprint density at radius 3 is 3.00 bits per heavy atom. The van der Waals surface area contributed by atoms with Crippen LogP contribution in [0.1, 0.15) is 11.8 Å². The first kappa shape index (κ1) is 7.12. The van der Waals surface area contributed by atoms with Gasteiger partial charge >= 0.3 is 6.09 Å². The van der Waals surface area contributed by atoms with Gasteiger partial charge in [-0.05, 0) is 6.07 Å². The highest BCUT2D eigenvalue weighted by atomic mass is 16.6. The van der Waals surface area contributed by atoms with Gasteiger partial charge in [-0.1, -0.05) is 18.2 Å². The molecule has 1 aromatic carbocycles. The van der Waals surface area contributed by atoms with Gasteiger partial charge in [0.25, 0.3) is 0 Å². The van der Waals surface area contributed by atoms with E-state index < -0.39 is 12.3 Å². The van der Waals surface area contributed by atoms with Crippen molar-refractivity contribution in [2.75, 3.05) is 0 Å². The summed E-state index contributed by atoms with van der Waals surface area (Å²) in [6.45, 7) is 0. The van der Waals surface area contributed by atoms with E-state index in [0.717, 1.165) is 0 Å². The number of hydrogen-bond acceptors (Lipinski definition) is 3. The molecule has 0 saturated heterocycles. The van der Waals surface area contributed by atoms with Crippen LogP contribution in [0.15, 0.2) is 24.3 Å². The summed E-state index contributed by atoms with van der Waals surface area (Å²) >= 11 is 0. The summed E-state index contributed by atoms with van der Waals surface area (Å²) in [6, 6.07) is 6.84. The second-order valence-electron chi connectivity index (χ2n) is 2.47. The topological polar surface area (TPSA) is 58.6 Å². The van der Waals surface area contributed by atoms with E-state index in [1.807, 2.05) is 0 Å². The molecule has 0 radical (unpaired) electrons. The van der Waals surface area contributed by atoms with Crippen LogP contribution in [0, 0.1) is 0 Å². The number of amides is 1. The lowest BCUT2D eigenvalue weighted by molar-refractivity contribution is 0.109. The van der Waals surface area contributed by atoms with E-state index in [4.69, 9.17) is 4.74 Å². The number of aliphatic hydroxyl groups is 1. The summed E-state index contributed by atoms with van der Waals surface area (Å²) in [5, 5.41) is 11.5. The third-order valence-corrected chi connectivity index (χ3v) is 1.67. The maximum Gasteiger partial charge on any atom is 0.414 e. The van der Waals surface area contributed by atoms with Crippen molar-refractivity contribution in [1.82, 2.24) is 5.32 Å². The van der Waals surface area contributed by atoms with Crippen LogP contribution in [0.3, 0.4) is 0 Å². The zero-order valence-corrected chi connectivity index (χ0v) is 6.15. The molecule has 0 fully saturated rings. The van der Waals surface area contributed by atoms with E-state index in [0.29, 0.717) is 11.3 Å². The molecule has 1 aliphatic heterocycles. The van der Waals surface area contributed by atoms with Gasteiger partial charge in [0, 0.05) is 5.56 Å². The Labute approximate surface area is 68.8 Å². The number of hydrogen-bond donors (Lipinski definition) is 2. The molecule has 0 aromatic heterocycles. The van der Waals surface area contributed by atoms with Crippen LogP contribution < -0.4 is 10.1 Å². The van der Waals surface area contributed by atoms with Crippen molar-refractivity contribution >= 4 is 6.09 Å². The number of rotatable bonds is 0. The third kappa shape index (κ3) is 1.02. The normalized spacial score (nSPS) is 20.8. The molecule has 1 heterocycles. The first-order valence-corrected chi connectivity index (χ1v) is 3.53. The average molecular weight is 165 g/mol. The fourth-order valence-electron chi connectivity index (χ4n) is 1.12. The summed E-state index contributed by atoms with van der Waals surface area (Å²) < 4.78 is 4.79. The van der Waals surface area contributed by atoms with E-state index >= 15 is 0 Å². The van der Waals surface area contributed by atoms with Gasteiger partial charge in [0.15, 0.2) is 6.23 Å². The lowest BCUT2D eigenvalue weighted by Crippen LogP contribution is -2.35. The van der Waals surface area contributed by atoms with Crippen LogP contribution in [-0.2, 0) is 0 Å². The number of fused-ring (bicyclic) bond motifs is 1. The van der Waals surface area contributed by atoms with Crippen molar-refractivity contribution in [2.24, 2.45) is 0 Å². The van der Waals surface area contributed by atoms with Crippen LogP contribution >= 0.6 is 0 Å². The molecule has 0 saturated carbocycles. The molecule has 0 spiro atoms. The van der Waals surface area contributed by atoms with Gasteiger partial charge < -0.3 is 9.84 Å². The lowest BCUT2D eigenvalue weighted by atomic mass is 10.1. The van der Waals surface area contributed by atoms with Gasteiger partial charge in [0.2, 0.25) is 0 Å². The highest BCUT2D eigenvalue weighted by Gasteiger charge is 2.22. The molecule has 1 aromatic rings. The number of carbonyl (C=O) groups is 1. The van der Waals surface area contributed by atoms with Crippen LogP contribution in [0.4, 0.5) is 4.79 Å². The van der Waals surface area contributed by atoms with Gasteiger partial charge in [-0.15, -0.1) is 0 Å². The summed E-state index contributed by atoms with van der Waals surface area (Å²) in [7, 11) is 0. The summed E-state index contributed by atoms with van der Waals surface area (Å²) in [5.74, 6) is 0.411. The molecule has 1 amide bonds. The Kier molecular flexibility index (Phi) is 1.48. The second kappa shape index (κ2) is 2.49. The minimum Gasteiger partial charge on any atom is -0.410 e. The molecular formula is C8H7NO3. The molecule has 1 aliphatic rings. The Bertz CT molecular complexity index is 324. The van der Waals surface area contributed by atoms with Crippen LogP contribution in [-0.4, -0.2) is 11.2 Å². The fraction of sp³-hybridized carbons (Fsp3) is 0.125. The second-order valence-corrected chi connectivity index (χ2v) is 2.47. The zero-order chi connectivity index (χ0) is 8.55. The summed E-state index contributed by atoms with van der Waals surface area (Å²) in [4.78, 5) is 10.7. The van der Waals surface area contributed by atoms with Crippen LogP contribution in [0.2, 0.25) is 0 Å².